The van der Waals surface area contributed by atoms with Crippen molar-refractivity contribution in [3.8, 4) is 0 Å². The Hall–Kier alpha value is -0.910. The van der Waals surface area contributed by atoms with Gasteiger partial charge in [0.25, 0.3) is 0 Å². The van der Waals surface area contributed by atoms with Crippen LogP contribution < -0.4 is 5.32 Å². The van der Waals surface area contributed by atoms with E-state index in [4.69, 9.17) is 9.84 Å². The molecule has 1 atom stereocenters. The summed E-state index contributed by atoms with van der Waals surface area (Å²) in [6.45, 7) is 9.12. The Kier molecular flexibility index (Phi) is 6.37. The predicted octanol–water partition coefficient (Wildman–Crippen LogP) is 2.11. The monoisotopic (exact) mass is 263 g/mol. The third kappa shape index (κ3) is 8.85. The minimum atomic E-state index is -1.05. The number of amides is 1. The Balaban J connectivity index is 4.26. The van der Waals surface area contributed by atoms with Crippen LogP contribution in [0.3, 0.4) is 0 Å². The lowest BCUT2D eigenvalue weighted by atomic mass is 10.2. The predicted molar refractivity (Wildman–Crippen MR) is 68.4 cm³/mol. The molecule has 0 heterocycles. The molecule has 0 unspecified atom stereocenters. The van der Waals surface area contributed by atoms with Gasteiger partial charge in [0.05, 0.1) is 0 Å². The van der Waals surface area contributed by atoms with E-state index >= 15 is 0 Å². The van der Waals surface area contributed by atoms with Gasteiger partial charge in [-0.2, -0.15) is 11.8 Å². The number of carboxylic acids is 1. The molecule has 0 fully saturated rings. The van der Waals surface area contributed by atoms with Crippen LogP contribution in [-0.2, 0) is 9.53 Å². The van der Waals surface area contributed by atoms with E-state index in [2.05, 4.69) is 5.32 Å². The first-order valence-corrected chi connectivity index (χ1v) is 6.50. The number of carbonyl (C=O) groups is 2. The van der Waals surface area contributed by atoms with Crippen LogP contribution in [0.25, 0.3) is 0 Å². The van der Waals surface area contributed by atoms with Crippen molar-refractivity contribution in [2.45, 2.75) is 51.5 Å². The van der Waals surface area contributed by atoms with Gasteiger partial charge in [0.15, 0.2) is 0 Å². The molecule has 0 rings (SSSR count). The Morgan fingerprint density at radius 3 is 2.24 bits per heavy atom. The summed E-state index contributed by atoms with van der Waals surface area (Å²) in [6, 6.07) is -0.919. The number of carbonyl (C=O) groups excluding carboxylic acids is 1. The van der Waals surface area contributed by atoms with E-state index in [0.29, 0.717) is 11.0 Å². The standard InChI is InChI=1S/C11H21NO4S/c1-7(2)17-6-8(9(13)14)12-10(15)16-11(3,4)5/h7-8H,6H2,1-5H3,(H,12,15)(H,13,14)/t8-/m1/s1. The summed E-state index contributed by atoms with van der Waals surface area (Å²) in [5.41, 5.74) is -0.627. The highest BCUT2D eigenvalue weighted by Gasteiger charge is 2.24. The summed E-state index contributed by atoms with van der Waals surface area (Å²) in [5.74, 6) is -0.726. The smallest absolute Gasteiger partial charge is 0.408 e. The highest BCUT2D eigenvalue weighted by molar-refractivity contribution is 7.99. The highest BCUT2D eigenvalue weighted by Crippen LogP contribution is 2.12. The topological polar surface area (TPSA) is 75.6 Å². The first kappa shape index (κ1) is 16.1. The van der Waals surface area contributed by atoms with E-state index in [9.17, 15) is 9.59 Å². The first-order chi connectivity index (χ1) is 7.61. The second kappa shape index (κ2) is 6.74. The van der Waals surface area contributed by atoms with Crippen LogP contribution in [0, 0.1) is 0 Å². The molecular weight excluding hydrogens is 242 g/mol. The maximum absolute atomic E-state index is 11.4. The van der Waals surface area contributed by atoms with Gasteiger partial charge in [-0.1, -0.05) is 13.8 Å². The zero-order valence-electron chi connectivity index (χ0n) is 10.9. The SMILES string of the molecule is CC(C)SC[C@@H](NC(=O)OC(C)(C)C)C(=O)O. The van der Waals surface area contributed by atoms with Crippen molar-refractivity contribution in [1.29, 1.82) is 0 Å². The van der Waals surface area contributed by atoms with Crippen molar-refractivity contribution in [1.82, 2.24) is 5.32 Å². The number of nitrogens with one attached hydrogen (secondary N) is 1. The normalized spacial score (nSPS) is 13.3. The molecule has 0 aliphatic heterocycles. The van der Waals surface area contributed by atoms with Gasteiger partial charge < -0.3 is 15.2 Å². The van der Waals surface area contributed by atoms with Crippen molar-refractivity contribution in [3.63, 3.8) is 0 Å². The van der Waals surface area contributed by atoms with Crippen molar-refractivity contribution in [3.05, 3.63) is 0 Å². The number of hydrogen-bond donors (Lipinski definition) is 2. The van der Waals surface area contributed by atoms with Gasteiger partial charge in [0, 0.05) is 5.75 Å². The molecule has 5 nitrogen and oxygen atoms in total. The molecule has 2 N–H and O–H groups in total. The zero-order valence-corrected chi connectivity index (χ0v) is 11.8. The Morgan fingerprint density at radius 2 is 1.88 bits per heavy atom. The molecule has 0 spiro atoms. The van der Waals surface area contributed by atoms with Crippen molar-refractivity contribution < 1.29 is 19.4 Å². The van der Waals surface area contributed by atoms with Crippen LogP contribution in [-0.4, -0.2) is 39.8 Å². The van der Waals surface area contributed by atoms with Crippen LogP contribution >= 0.6 is 11.8 Å². The van der Waals surface area contributed by atoms with Gasteiger partial charge in [0.1, 0.15) is 11.6 Å². The number of aliphatic carboxylic acids is 1. The number of hydrogen-bond acceptors (Lipinski definition) is 4. The molecule has 17 heavy (non-hydrogen) atoms. The van der Waals surface area contributed by atoms with E-state index in [-0.39, 0.29) is 0 Å². The van der Waals surface area contributed by atoms with Gasteiger partial charge in [-0.3, -0.25) is 0 Å². The summed E-state index contributed by atoms with van der Waals surface area (Å²) < 4.78 is 5.00. The fourth-order valence-electron chi connectivity index (χ4n) is 0.913. The van der Waals surface area contributed by atoms with E-state index in [1.54, 1.807) is 20.8 Å². The number of thioether (sulfide) groups is 1. The van der Waals surface area contributed by atoms with E-state index in [1.807, 2.05) is 13.8 Å². The number of rotatable bonds is 5. The summed E-state index contributed by atoms with van der Waals surface area (Å²) in [6.07, 6.45) is -0.700. The molecule has 0 saturated carbocycles. The van der Waals surface area contributed by atoms with Crippen LogP contribution in [0.15, 0.2) is 0 Å². The molecule has 0 aliphatic rings. The van der Waals surface area contributed by atoms with E-state index in [1.165, 1.54) is 11.8 Å². The number of ether oxygens (including phenoxy) is 1. The quantitative estimate of drug-likeness (QED) is 0.794. The van der Waals surface area contributed by atoms with Crippen molar-refractivity contribution >= 4 is 23.8 Å². The molecule has 0 bridgehead atoms. The third-order valence-corrected chi connectivity index (χ3v) is 2.78. The largest absolute Gasteiger partial charge is 0.480 e. The Bertz CT molecular complexity index is 273. The molecule has 0 aromatic rings. The van der Waals surface area contributed by atoms with E-state index in [0.717, 1.165) is 0 Å². The summed E-state index contributed by atoms with van der Waals surface area (Å²) in [5, 5.41) is 11.6. The lowest BCUT2D eigenvalue weighted by Gasteiger charge is -2.22. The second-order valence-corrected chi connectivity index (χ2v) is 6.53. The maximum atomic E-state index is 11.4. The average Bonchev–Trinajstić information content (AvgIpc) is 2.08. The van der Waals surface area contributed by atoms with Crippen LogP contribution in [0.4, 0.5) is 4.79 Å². The molecule has 1 amide bonds. The lowest BCUT2D eigenvalue weighted by molar-refractivity contribution is -0.138. The number of alkyl carbamates (subject to hydrolysis) is 1. The third-order valence-electron chi connectivity index (χ3n) is 1.59. The minimum absolute atomic E-state index is 0.317. The van der Waals surface area contributed by atoms with E-state index < -0.39 is 23.7 Å². The van der Waals surface area contributed by atoms with Crippen LogP contribution in [0.1, 0.15) is 34.6 Å². The van der Waals surface area contributed by atoms with Gasteiger partial charge in [-0.25, -0.2) is 9.59 Å². The summed E-state index contributed by atoms with van der Waals surface area (Å²) in [4.78, 5) is 22.3. The van der Waals surface area contributed by atoms with Crippen LogP contribution in [0.2, 0.25) is 0 Å². The molecule has 100 valence electrons. The van der Waals surface area contributed by atoms with Gasteiger partial charge in [0.2, 0.25) is 0 Å². The van der Waals surface area contributed by atoms with Crippen LogP contribution in [0.5, 0.6) is 0 Å². The first-order valence-electron chi connectivity index (χ1n) is 5.45. The lowest BCUT2D eigenvalue weighted by Crippen LogP contribution is -2.45. The fourth-order valence-corrected chi connectivity index (χ4v) is 1.72. The molecule has 0 aromatic heterocycles. The average molecular weight is 263 g/mol. The molecule has 0 aliphatic carbocycles. The molecule has 0 radical (unpaired) electrons. The Morgan fingerprint density at radius 1 is 1.35 bits per heavy atom. The van der Waals surface area contributed by atoms with Gasteiger partial charge in [-0.15, -0.1) is 0 Å². The van der Waals surface area contributed by atoms with Gasteiger partial charge >= 0.3 is 12.1 Å². The minimum Gasteiger partial charge on any atom is -0.480 e. The van der Waals surface area contributed by atoms with Gasteiger partial charge in [-0.05, 0) is 26.0 Å². The zero-order chi connectivity index (χ0) is 13.6. The van der Waals surface area contributed by atoms with Crippen molar-refractivity contribution in [2.24, 2.45) is 0 Å². The number of carboxylic acid groups (broad SMARTS) is 1. The van der Waals surface area contributed by atoms with Crippen molar-refractivity contribution in [2.75, 3.05) is 5.75 Å². The Labute approximate surface area is 106 Å². The summed E-state index contributed by atoms with van der Waals surface area (Å²) in [7, 11) is 0. The summed E-state index contributed by atoms with van der Waals surface area (Å²) >= 11 is 1.48. The molecular formula is C11H21NO4S. The second-order valence-electron chi connectivity index (χ2n) is 4.92. The molecule has 0 saturated heterocycles. The highest BCUT2D eigenvalue weighted by atomic mass is 32.2. The maximum Gasteiger partial charge on any atom is 0.408 e. The molecule has 0 aromatic carbocycles. The fraction of sp³-hybridized carbons (Fsp3) is 0.818. The molecule has 6 heteroatoms.